The van der Waals surface area contributed by atoms with Gasteiger partial charge in [0.15, 0.2) is 0 Å². The van der Waals surface area contributed by atoms with Gasteiger partial charge in [0.05, 0.1) is 22.2 Å². The lowest BCUT2D eigenvalue weighted by molar-refractivity contribution is 0.371. The zero-order valence-corrected chi connectivity index (χ0v) is 19.8. The zero-order valence-electron chi connectivity index (χ0n) is 18.2. The molecule has 0 fully saturated rings. The fourth-order valence-electron chi connectivity index (χ4n) is 4.07. The number of hydrogen-bond acceptors (Lipinski definition) is 4. The van der Waals surface area contributed by atoms with E-state index in [4.69, 9.17) is 11.6 Å². The maximum atomic E-state index is 13.6. The van der Waals surface area contributed by atoms with Crippen molar-refractivity contribution in [2.75, 3.05) is 0 Å². The Morgan fingerprint density at radius 3 is 2.33 bits per heavy atom. The average Bonchev–Trinajstić information content (AvgIpc) is 3.26. The summed E-state index contributed by atoms with van der Waals surface area (Å²) >= 11 is 6.63. The van der Waals surface area contributed by atoms with Gasteiger partial charge in [0.25, 0.3) is 10.0 Å². The van der Waals surface area contributed by atoms with Gasteiger partial charge in [0, 0.05) is 17.4 Å². The molecule has 2 heterocycles. The van der Waals surface area contributed by atoms with Crippen molar-refractivity contribution in [1.29, 1.82) is 0 Å². The van der Waals surface area contributed by atoms with Crippen molar-refractivity contribution in [3.63, 3.8) is 0 Å². The van der Waals surface area contributed by atoms with E-state index in [1.54, 1.807) is 30.3 Å². The number of sulfonamides is 1. The Morgan fingerprint density at radius 1 is 0.909 bits per heavy atom. The number of rotatable bonds is 4. The van der Waals surface area contributed by atoms with Crippen molar-refractivity contribution in [3.8, 4) is 0 Å². The Bertz CT molecular complexity index is 1480. The molecule has 5 nitrogen and oxygen atoms in total. The number of hydrogen-bond donors (Lipinski definition) is 0. The molecule has 0 spiro atoms. The predicted molar refractivity (Wildman–Crippen MR) is 132 cm³/mol. The highest BCUT2D eigenvalue weighted by Crippen LogP contribution is 2.40. The van der Waals surface area contributed by atoms with Gasteiger partial charge in [-0.15, -0.1) is 0 Å². The van der Waals surface area contributed by atoms with E-state index in [9.17, 15) is 8.42 Å². The molecule has 0 saturated heterocycles. The summed E-state index contributed by atoms with van der Waals surface area (Å²) in [5, 5.41) is 5.79. The number of aryl methyl sites for hydroxylation is 2. The van der Waals surface area contributed by atoms with Crippen LogP contribution in [-0.4, -0.2) is 23.5 Å². The van der Waals surface area contributed by atoms with E-state index in [2.05, 4.69) is 10.1 Å². The second-order valence-electron chi connectivity index (χ2n) is 8.29. The zero-order chi connectivity index (χ0) is 23.2. The summed E-state index contributed by atoms with van der Waals surface area (Å²) in [4.78, 5) is 4.76. The normalized spacial score (nSPS) is 16.3. The quantitative estimate of drug-likeness (QED) is 0.338. The first-order valence-corrected chi connectivity index (χ1v) is 12.5. The van der Waals surface area contributed by atoms with E-state index < -0.39 is 16.1 Å². The summed E-state index contributed by atoms with van der Waals surface area (Å²) < 4.78 is 28.4. The lowest BCUT2D eigenvalue weighted by Gasteiger charge is -2.24. The molecule has 0 unspecified atom stereocenters. The fourth-order valence-corrected chi connectivity index (χ4v) is 5.78. The van der Waals surface area contributed by atoms with Crippen LogP contribution in [0.1, 0.15) is 34.7 Å². The van der Waals surface area contributed by atoms with Crippen molar-refractivity contribution in [2.24, 2.45) is 5.10 Å². The molecule has 4 aromatic rings. The third-order valence-electron chi connectivity index (χ3n) is 5.86. The highest BCUT2D eigenvalue weighted by molar-refractivity contribution is 7.89. The number of aromatic nitrogens is 1. The third-order valence-corrected chi connectivity index (χ3v) is 7.86. The molecule has 0 N–H and O–H groups in total. The number of fused-ring (bicyclic) bond motifs is 1. The SMILES string of the molecule is Cc1ccc(C2=NN(S(=O)(=O)c3ccccc3)[C@@H](c3cc4ccc(C)cc4nc3Cl)C2)cc1. The monoisotopic (exact) mass is 475 g/mol. The van der Waals surface area contributed by atoms with E-state index >= 15 is 0 Å². The van der Waals surface area contributed by atoms with Crippen LogP contribution < -0.4 is 0 Å². The standard InChI is InChI=1S/C26H22ClN3O2S/c1-17-8-11-19(12-9-17)24-16-25(30(29-24)33(31,32)21-6-4-3-5-7-21)22-15-20-13-10-18(2)14-23(20)28-26(22)27/h3-15,25H,16H2,1-2H3/t25-/m1/s1. The first-order chi connectivity index (χ1) is 15.8. The molecule has 0 saturated carbocycles. The average molecular weight is 476 g/mol. The summed E-state index contributed by atoms with van der Waals surface area (Å²) in [6, 6.07) is 23.5. The Balaban J connectivity index is 1.65. The van der Waals surface area contributed by atoms with Crippen LogP contribution in [0.3, 0.4) is 0 Å². The van der Waals surface area contributed by atoms with Gasteiger partial charge in [-0.3, -0.25) is 0 Å². The lowest BCUT2D eigenvalue weighted by atomic mass is 9.98. The van der Waals surface area contributed by atoms with Crippen LogP contribution in [0.15, 0.2) is 88.9 Å². The Kier molecular flexibility index (Phi) is 5.43. The molecule has 5 rings (SSSR count). The molecular weight excluding hydrogens is 454 g/mol. The van der Waals surface area contributed by atoms with Gasteiger partial charge in [-0.1, -0.05) is 71.8 Å². The van der Waals surface area contributed by atoms with Gasteiger partial charge in [0.2, 0.25) is 0 Å². The van der Waals surface area contributed by atoms with Crippen LogP contribution in [0.5, 0.6) is 0 Å². The molecule has 3 aromatic carbocycles. The lowest BCUT2D eigenvalue weighted by Crippen LogP contribution is -2.27. The van der Waals surface area contributed by atoms with Crippen molar-refractivity contribution < 1.29 is 8.42 Å². The molecule has 1 aliphatic rings. The van der Waals surface area contributed by atoms with Crippen molar-refractivity contribution in [2.45, 2.75) is 31.2 Å². The molecule has 0 aliphatic carbocycles. The minimum Gasteiger partial charge on any atom is -0.236 e. The van der Waals surface area contributed by atoms with Crippen LogP contribution in [0, 0.1) is 13.8 Å². The number of pyridine rings is 1. The van der Waals surface area contributed by atoms with Gasteiger partial charge >= 0.3 is 0 Å². The molecular formula is C26H22ClN3O2S. The Labute approximate surface area is 198 Å². The van der Waals surface area contributed by atoms with Crippen molar-refractivity contribution in [1.82, 2.24) is 9.40 Å². The molecule has 33 heavy (non-hydrogen) atoms. The first-order valence-electron chi connectivity index (χ1n) is 10.6. The Hall–Kier alpha value is -3.22. The minimum atomic E-state index is -3.90. The third kappa shape index (κ3) is 4.01. The van der Waals surface area contributed by atoms with Crippen LogP contribution in [0.2, 0.25) is 5.15 Å². The largest absolute Gasteiger partial charge is 0.279 e. The van der Waals surface area contributed by atoms with E-state index in [-0.39, 0.29) is 10.0 Å². The van der Waals surface area contributed by atoms with Gasteiger partial charge in [-0.2, -0.15) is 17.9 Å². The number of hydrazone groups is 1. The second kappa shape index (κ2) is 8.28. The summed E-state index contributed by atoms with van der Waals surface area (Å²) in [5.41, 5.74) is 5.20. The van der Waals surface area contributed by atoms with E-state index in [1.165, 1.54) is 4.41 Å². The smallest absolute Gasteiger partial charge is 0.236 e. The topological polar surface area (TPSA) is 62.6 Å². The Morgan fingerprint density at radius 2 is 1.61 bits per heavy atom. The van der Waals surface area contributed by atoms with Crippen LogP contribution in [0.25, 0.3) is 10.9 Å². The van der Waals surface area contributed by atoms with E-state index in [0.717, 1.165) is 27.6 Å². The summed E-state index contributed by atoms with van der Waals surface area (Å²) in [6.45, 7) is 4.01. The van der Waals surface area contributed by atoms with Crippen LogP contribution in [0.4, 0.5) is 0 Å². The van der Waals surface area contributed by atoms with E-state index in [0.29, 0.717) is 17.7 Å². The summed E-state index contributed by atoms with van der Waals surface area (Å²) in [5.74, 6) is 0. The molecule has 0 amide bonds. The van der Waals surface area contributed by atoms with Gasteiger partial charge < -0.3 is 0 Å². The van der Waals surface area contributed by atoms with Crippen LogP contribution in [-0.2, 0) is 10.0 Å². The molecule has 0 bridgehead atoms. The molecule has 166 valence electrons. The van der Waals surface area contributed by atoms with Gasteiger partial charge in [-0.05, 0) is 49.2 Å². The molecule has 7 heteroatoms. The summed E-state index contributed by atoms with van der Waals surface area (Å²) in [7, 11) is -3.90. The van der Waals surface area contributed by atoms with Crippen molar-refractivity contribution in [3.05, 3.63) is 106 Å². The molecule has 1 aromatic heterocycles. The van der Waals surface area contributed by atoms with E-state index in [1.807, 2.05) is 62.4 Å². The maximum Gasteiger partial charge on any atom is 0.279 e. The number of benzene rings is 3. The molecule has 0 radical (unpaired) electrons. The summed E-state index contributed by atoms with van der Waals surface area (Å²) in [6.07, 6.45) is 0.397. The van der Waals surface area contributed by atoms with Gasteiger partial charge in [-0.25, -0.2) is 4.98 Å². The van der Waals surface area contributed by atoms with Gasteiger partial charge in [0.1, 0.15) is 5.15 Å². The fraction of sp³-hybridized carbons (Fsp3) is 0.154. The molecule has 1 aliphatic heterocycles. The van der Waals surface area contributed by atoms with Crippen LogP contribution >= 0.6 is 11.6 Å². The number of halogens is 1. The number of nitrogens with zero attached hydrogens (tertiary/aromatic N) is 3. The highest BCUT2D eigenvalue weighted by atomic mass is 35.5. The molecule has 1 atom stereocenters. The highest BCUT2D eigenvalue weighted by Gasteiger charge is 2.39. The first kappa shape index (κ1) is 21.6. The minimum absolute atomic E-state index is 0.185. The maximum absolute atomic E-state index is 13.6. The van der Waals surface area contributed by atoms with Crippen molar-refractivity contribution >= 4 is 38.2 Å². The second-order valence-corrected chi connectivity index (χ2v) is 10.4. The predicted octanol–water partition coefficient (Wildman–Crippen LogP) is 6.05.